The number of carbonyl (C=O) groups is 3. The standard InChI is InChI=1S/C75H142O6/c1-4-7-10-13-16-19-22-25-28-30-32-34-36-37-38-40-41-43-45-47-50-53-56-59-62-65-68-74(77)80-71-72(70-79-73(76)67-64-61-58-55-52-49-27-24-21-18-15-12-9-6-3)81-75(78)69-66-63-60-57-54-51-48-46-44-42-39-35-33-31-29-26-23-20-17-14-11-8-5-2/h23,26,31,33,72H,4-22,24-25,27-30,32,34-71H2,1-3H3/b26-23-,33-31-. The zero-order valence-electron chi connectivity index (χ0n) is 55.1. The van der Waals surface area contributed by atoms with E-state index in [2.05, 4.69) is 45.1 Å². The first kappa shape index (κ1) is 78.9. The smallest absolute Gasteiger partial charge is 0.306 e. The van der Waals surface area contributed by atoms with Crippen molar-refractivity contribution in [1.82, 2.24) is 0 Å². The number of ether oxygens (including phenoxy) is 3. The van der Waals surface area contributed by atoms with E-state index >= 15 is 0 Å². The number of esters is 3. The highest BCUT2D eigenvalue weighted by Crippen LogP contribution is 2.19. The van der Waals surface area contributed by atoms with E-state index in [0.29, 0.717) is 19.3 Å². The molecule has 0 aromatic rings. The van der Waals surface area contributed by atoms with E-state index in [1.807, 2.05) is 0 Å². The third-order valence-electron chi connectivity index (χ3n) is 17.0. The van der Waals surface area contributed by atoms with Crippen molar-refractivity contribution in [2.24, 2.45) is 0 Å². The maximum Gasteiger partial charge on any atom is 0.306 e. The molecule has 0 amide bonds. The van der Waals surface area contributed by atoms with Crippen LogP contribution in [0.1, 0.15) is 419 Å². The summed E-state index contributed by atoms with van der Waals surface area (Å²) in [5, 5.41) is 0. The molecule has 0 aliphatic rings. The van der Waals surface area contributed by atoms with Gasteiger partial charge in [-0.1, -0.05) is 373 Å². The van der Waals surface area contributed by atoms with Gasteiger partial charge in [-0.05, 0) is 51.4 Å². The Hall–Kier alpha value is -2.11. The minimum atomic E-state index is -0.769. The average Bonchev–Trinajstić information content (AvgIpc) is 3.47. The summed E-state index contributed by atoms with van der Waals surface area (Å²) < 4.78 is 17.0. The van der Waals surface area contributed by atoms with Crippen molar-refractivity contribution in [3.63, 3.8) is 0 Å². The lowest BCUT2D eigenvalue weighted by Gasteiger charge is -2.18. The van der Waals surface area contributed by atoms with E-state index in [1.165, 1.54) is 315 Å². The van der Waals surface area contributed by atoms with Gasteiger partial charge in [0.25, 0.3) is 0 Å². The zero-order chi connectivity index (χ0) is 58.5. The van der Waals surface area contributed by atoms with Gasteiger partial charge in [-0.15, -0.1) is 0 Å². The molecule has 478 valence electrons. The van der Waals surface area contributed by atoms with Gasteiger partial charge >= 0.3 is 17.9 Å². The molecule has 1 unspecified atom stereocenters. The van der Waals surface area contributed by atoms with Crippen LogP contribution in [-0.4, -0.2) is 37.2 Å². The quantitative estimate of drug-likeness (QED) is 0.0261. The van der Waals surface area contributed by atoms with E-state index in [4.69, 9.17) is 14.2 Å². The minimum absolute atomic E-state index is 0.0650. The van der Waals surface area contributed by atoms with E-state index in [-0.39, 0.29) is 31.1 Å². The molecule has 81 heavy (non-hydrogen) atoms. The summed E-state index contributed by atoms with van der Waals surface area (Å²) >= 11 is 0. The Balaban J connectivity index is 4.22. The third kappa shape index (κ3) is 68.6. The predicted octanol–water partition coefficient (Wildman–Crippen LogP) is 25.3. The van der Waals surface area contributed by atoms with Crippen molar-refractivity contribution in [3.8, 4) is 0 Å². The molecule has 0 N–H and O–H groups in total. The second kappa shape index (κ2) is 70.4. The molecule has 0 saturated carbocycles. The van der Waals surface area contributed by atoms with Crippen molar-refractivity contribution in [1.29, 1.82) is 0 Å². The van der Waals surface area contributed by atoms with Crippen LogP contribution in [-0.2, 0) is 28.6 Å². The van der Waals surface area contributed by atoms with Crippen LogP contribution < -0.4 is 0 Å². The Labute approximate surface area is 506 Å². The molecule has 6 nitrogen and oxygen atoms in total. The summed E-state index contributed by atoms with van der Waals surface area (Å²) in [5.74, 6) is -0.832. The second-order valence-electron chi connectivity index (χ2n) is 25.2. The van der Waals surface area contributed by atoms with Crippen molar-refractivity contribution in [3.05, 3.63) is 24.3 Å². The van der Waals surface area contributed by atoms with Crippen molar-refractivity contribution >= 4 is 17.9 Å². The van der Waals surface area contributed by atoms with Crippen molar-refractivity contribution < 1.29 is 28.6 Å². The Morgan fingerprint density at radius 2 is 0.444 bits per heavy atom. The summed E-state index contributed by atoms with van der Waals surface area (Å²) in [7, 11) is 0. The number of carbonyl (C=O) groups excluding carboxylic acids is 3. The molecule has 0 aliphatic carbocycles. The van der Waals surface area contributed by atoms with Crippen molar-refractivity contribution in [2.75, 3.05) is 13.2 Å². The first-order chi connectivity index (χ1) is 40.0. The van der Waals surface area contributed by atoms with Crippen molar-refractivity contribution in [2.45, 2.75) is 425 Å². The van der Waals surface area contributed by atoms with Crippen LogP contribution >= 0.6 is 0 Å². The van der Waals surface area contributed by atoms with Gasteiger partial charge in [0.15, 0.2) is 6.10 Å². The second-order valence-corrected chi connectivity index (χ2v) is 25.2. The highest BCUT2D eigenvalue weighted by Gasteiger charge is 2.20. The SMILES string of the molecule is CCCCCCC/C=C\C/C=C\CCCCCCCCCCCCCC(=O)OC(COC(=O)CCCCCCCCCCCCCCCC)COC(=O)CCCCCCCCCCCCCCCCCCCCCCCCCCCC. The third-order valence-corrected chi connectivity index (χ3v) is 17.0. The molecular weight excluding hydrogens is 997 g/mol. The topological polar surface area (TPSA) is 78.9 Å². The molecule has 0 fully saturated rings. The van der Waals surface area contributed by atoms with Crippen LogP contribution in [0.2, 0.25) is 0 Å². The number of unbranched alkanes of at least 4 members (excludes halogenated alkanes) is 54. The number of hydrogen-bond donors (Lipinski definition) is 0. The van der Waals surface area contributed by atoms with Gasteiger partial charge in [0.2, 0.25) is 0 Å². The lowest BCUT2D eigenvalue weighted by Crippen LogP contribution is -2.30. The average molecular weight is 1140 g/mol. The van der Waals surface area contributed by atoms with Gasteiger partial charge < -0.3 is 14.2 Å². The van der Waals surface area contributed by atoms with Crippen LogP contribution in [0, 0.1) is 0 Å². The van der Waals surface area contributed by atoms with Gasteiger partial charge in [0, 0.05) is 19.3 Å². The highest BCUT2D eigenvalue weighted by molar-refractivity contribution is 5.71. The first-order valence-corrected chi connectivity index (χ1v) is 36.8. The molecule has 0 aromatic heterocycles. The Morgan fingerprint density at radius 3 is 0.679 bits per heavy atom. The fourth-order valence-electron chi connectivity index (χ4n) is 11.4. The van der Waals surface area contributed by atoms with Gasteiger partial charge in [-0.25, -0.2) is 0 Å². The van der Waals surface area contributed by atoms with Crippen LogP contribution in [0.15, 0.2) is 24.3 Å². The zero-order valence-corrected chi connectivity index (χ0v) is 55.1. The summed E-state index contributed by atoms with van der Waals surface area (Å²) in [4.78, 5) is 38.5. The van der Waals surface area contributed by atoms with E-state index < -0.39 is 6.10 Å². The number of hydrogen-bond acceptors (Lipinski definition) is 6. The molecule has 0 rings (SSSR count). The summed E-state index contributed by atoms with van der Waals surface area (Å²) in [6.45, 7) is 6.72. The Kier molecular flexibility index (Phi) is 68.5. The number of rotatable bonds is 69. The maximum atomic E-state index is 13.0. The first-order valence-electron chi connectivity index (χ1n) is 36.8. The molecule has 0 aromatic carbocycles. The molecule has 1 atom stereocenters. The summed E-state index contributed by atoms with van der Waals surface area (Å²) in [5.41, 5.74) is 0. The van der Waals surface area contributed by atoms with Crippen LogP contribution in [0.4, 0.5) is 0 Å². The van der Waals surface area contributed by atoms with Gasteiger partial charge in [-0.2, -0.15) is 0 Å². The van der Waals surface area contributed by atoms with Gasteiger partial charge in [0.1, 0.15) is 13.2 Å². The molecule has 0 spiro atoms. The fraction of sp³-hybridized carbons (Fsp3) is 0.907. The largest absolute Gasteiger partial charge is 0.462 e. The van der Waals surface area contributed by atoms with Crippen LogP contribution in [0.5, 0.6) is 0 Å². The predicted molar refractivity (Wildman–Crippen MR) is 353 cm³/mol. The fourth-order valence-corrected chi connectivity index (χ4v) is 11.4. The normalized spacial score (nSPS) is 12.1. The number of allylic oxidation sites excluding steroid dienone is 4. The molecule has 0 saturated heterocycles. The molecule has 0 radical (unpaired) electrons. The van der Waals surface area contributed by atoms with Crippen LogP contribution in [0.25, 0.3) is 0 Å². The minimum Gasteiger partial charge on any atom is -0.462 e. The Bertz CT molecular complexity index is 1310. The molecule has 0 bridgehead atoms. The lowest BCUT2D eigenvalue weighted by atomic mass is 10.0. The highest BCUT2D eigenvalue weighted by atomic mass is 16.6. The molecular formula is C75H142O6. The summed E-state index contributed by atoms with van der Waals surface area (Å²) in [6.07, 6.45) is 86.4. The van der Waals surface area contributed by atoms with Crippen LogP contribution in [0.3, 0.4) is 0 Å². The van der Waals surface area contributed by atoms with Gasteiger partial charge in [0.05, 0.1) is 0 Å². The lowest BCUT2D eigenvalue weighted by molar-refractivity contribution is -0.167. The molecule has 6 heteroatoms. The monoisotopic (exact) mass is 1140 g/mol. The Morgan fingerprint density at radius 1 is 0.247 bits per heavy atom. The molecule has 0 aliphatic heterocycles. The summed E-state index contributed by atoms with van der Waals surface area (Å²) in [6, 6.07) is 0. The van der Waals surface area contributed by atoms with Gasteiger partial charge in [-0.3, -0.25) is 14.4 Å². The maximum absolute atomic E-state index is 13.0. The van der Waals surface area contributed by atoms with E-state index in [1.54, 1.807) is 0 Å². The van der Waals surface area contributed by atoms with E-state index in [9.17, 15) is 14.4 Å². The molecule has 0 heterocycles. The van der Waals surface area contributed by atoms with E-state index in [0.717, 1.165) is 64.2 Å².